The van der Waals surface area contributed by atoms with Crippen LogP contribution in [-0.4, -0.2) is 47.0 Å². The molecule has 4 heterocycles. The Kier molecular flexibility index (Phi) is 4.53. The van der Waals surface area contributed by atoms with E-state index in [9.17, 15) is 4.79 Å². The molecule has 3 aromatic heterocycles. The summed E-state index contributed by atoms with van der Waals surface area (Å²) in [5, 5.41) is 6.30. The van der Waals surface area contributed by atoms with Gasteiger partial charge in [0.15, 0.2) is 0 Å². The maximum atomic E-state index is 12.5. The third kappa shape index (κ3) is 3.52. The van der Waals surface area contributed by atoms with Crippen molar-refractivity contribution in [2.75, 3.05) is 31.1 Å². The molecule has 1 aliphatic heterocycles. The van der Waals surface area contributed by atoms with Crippen LogP contribution in [0.4, 0.5) is 5.82 Å². The van der Waals surface area contributed by atoms with Gasteiger partial charge in [0.25, 0.3) is 5.91 Å². The molecule has 7 heteroatoms. The largest absolute Gasteiger partial charge is 0.357 e. The lowest BCUT2D eigenvalue weighted by Crippen LogP contribution is -2.43. The quantitative estimate of drug-likeness (QED) is 0.665. The van der Waals surface area contributed by atoms with E-state index in [4.69, 9.17) is 0 Å². The van der Waals surface area contributed by atoms with Crippen molar-refractivity contribution in [1.82, 2.24) is 25.6 Å². The number of H-pyrrole nitrogens is 1. The number of nitrogens with zero attached hydrogens (tertiary/aromatic N) is 3. The first kappa shape index (κ1) is 16.5. The van der Waals surface area contributed by atoms with E-state index in [0.29, 0.717) is 12.1 Å². The van der Waals surface area contributed by atoms with E-state index < -0.39 is 0 Å². The first-order valence-electron chi connectivity index (χ1n) is 8.83. The van der Waals surface area contributed by atoms with Gasteiger partial charge in [-0.1, -0.05) is 0 Å². The number of fused-ring (bicyclic) bond motifs is 1. The number of anilines is 1. The van der Waals surface area contributed by atoms with Crippen molar-refractivity contribution in [3.05, 3.63) is 53.5 Å². The Labute approximate surface area is 151 Å². The van der Waals surface area contributed by atoms with Crippen LogP contribution in [0.1, 0.15) is 21.6 Å². The van der Waals surface area contributed by atoms with Gasteiger partial charge in [-0.25, -0.2) is 4.98 Å². The smallest absolute Gasteiger partial charge is 0.253 e. The van der Waals surface area contributed by atoms with E-state index in [0.717, 1.165) is 54.3 Å². The summed E-state index contributed by atoms with van der Waals surface area (Å²) in [6, 6.07) is 7.78. The molecule has 1 saturated heterocycles. The fourth-order valence-electron chi connectivity index (χ4n) is 3.19. The number of hydrogen-bond donors (Lipinski definition) is 3. The zero-order valence-electron chi connectivity index (χ0n) is 14.7. The minimum atomic E-state index is -0.132. The molecule has 1 aliphatic rings. The van der Waals surface area contributed by atoms with Gasteiger partial charge in [0.1, 0.15) is 5.82 Å². The molecule has 0 saturated carbocycles. The Bertz CT molecular complexity index is 929. The molecule has 4 rings (SSSR count). The number of aryl methyl sites for hydroxylation is 1. The van der Waals surface area contributed by atoms with Crippen LogP contribution in [0.25, 0.3) is 11.0 Å². The number of piperazine rings is 1. The third-order valence-corrected chi connectivity index (χ3v) is 4.57. The van der Waals surface area contributed by atoms with Crippen LogP contribution in [0.2, 0.25) is 0 Å². The summed E-state index contributed by atoms with van der Waals surface area (Å²) >= 11 is 0. The van der Waals surface area contributed by atoms with Crippen molar-refractivity contribution in [2.45, 2.75) is 13.5 Å². The SMILES string of the molecule is Cc1cc2ncc(C(=O)NCc3ccnc(N4CCNCC4)c3)cc2[nH]1. The third-order valence-electron chi connectivity index (χ3n) is 4.57. The standard InChI is InChI=1S/C19H22N6O/c1-13-8-16-17(24-13)10-15(12-22-16)19(26)23-11-14-2-3-21-18(9-14)25-6-4-20-5-7-25/h2-3,8-10,12,20,24H,4-7,11H2,1H3,(H,23,26). The molecule has 3 N–H and O–H groups in total. The number of hydrogen-bond acceptors (Lipinski definition) is 5. The predicted molar refractivity (Wildman–Crippen MR) is 101 cm³/mol. The Balaban J connectivity index is 1.43. The Morgan fingerprint density at radius 3 is 2.92 bits per heavy atom. The highest BCUT2D eigenvalue weighted by Crippen LogP contribution is 2.15. The number of carbonyl (C=O) groups excluding carboxylic acids is 1. The highest BCUT2D eigenvalue weighted by molar-refractivity contribution is 5.96. The maximum absolute atomic E-state index is 12.5. The average Bonchev–Trinajstić information content (AvgIpc) is 3.06. The lowest BCUT2D eigenvalue weighted by atomic mass is 10.2. The van der Waals surface area contributed by atoms with E-state index in [1.807, 2.05) is 31.2 Å². The Morgan fingerprint density at radius 2 is 2.08 bits per heavy atom. The summed E-state index contributed by atoms with van der Waals surface area (Å²) < 4.78 is 0. The summed E-state index contributed by atoms with van der Waals surface area (Å²) in [5.41, 5.74) is 4.36. The lowest BCUT2D eigenvalue weighted by Gasteiger charge is -2.28. The van der Waals surface area contributed by atoms with Crippen LogP contribution in [0.5, 0.6) is 0 Å². The van der Waals surface area contributed by atoms with Crippen LogP contribution in [-0.2, 0) is 6.54 Å². The molecular formula is C19H22N6O. The minimum absolute atomic E-state index is 0.132. The topological polar surface area (TPSA) is 85.9 Å². The fourth-order valence-corrected chi connectivity index (χ4v) is 3.19. The number of pyridine rings is 2. The zero-order chi connectivity index (χ0) is 17.9. The van der Waals surface area contributed by atoms with Gasteiger partial charge in [-0.05, 0) is 36.8 Å². The van der Waals surface area contributed by atoms with Crippen LogP contribution < -0.4 is 15.5 Å². The minimum Gasteiger partial charge on any atom is -0.357 e. The van der Waals surface area contributed by atoms with Crippen LogP contribution in [0, 0.1) is 6.92 Å². The number of amides is 1. The van der Waals surface area contributed by atoms with Crippen molar-refractivity contribution in [3.8, 4) is 0 Å². The molecule has 0 atom stereocenters. The monoisotopic (exact) mass is 350 g/mol. The van der Waals surface area contributed by atoms with Crippen molar-refractivity contribution < 1.29 is 4.79 Å². The first-order chi connectivity index (χ1) is 12.7. The number of carbonyl (C=O) groups is 1. The average molecular weight is 350 g/mol. The molecule has 1 amide bonds. The normalized spacial score (nSPS) is 14.6. The van der Waals surface area contributed by atoms with Gasteiger partial charge in [-0.15, -0.1) is 0 Å². The van der Waals surface area contributed by atoms with E-state index in [2.05, 4.69) is 30.5 Å². The molecule has 0 radical (unpaired) electrons. The highest BCUT2D eigenvalue weighted by Gasteiger charge is 2.13. The van der Waals surface area contributed by atoms with Crippen molar-refractivity contribution in [1.29, 1.82) is 0 Å². The Morgan fingerprint density at radius 1 is 1.23 bits per heavy atom. The van der Waals surface area contributed by atoms with Gasteiger partial charge < -0.3 is 20.5 Å². The second kappa shape index (κ2) is 7.13. The molecule has 0 spiro atoms. The number of nitrogens with one attached hydrogen (secondary N) is 3. The lowest BCUT2D eigenvalue weighted by molar-refractivity contribution is 0.0950. The summed E-state index contributed by atoms with van der Waals surface area (Å²) in [6.45, 7) is 6.27. The van der Waals surface area contributed by atoms with Gasteiger partial charge in [0, 0.05) is 50.8 Å². The zero-order valence-corrected chi connectivity index (χ0v) is 14.7. The summed E-state index contributed by atoms with van der Waals surface area (Å²) in [4.78, 5) is 26.7. The van der Waals surface area contributed by atoms with Crippen LogP contribution >= 0.6 is 0 Å². The molecular weight excluding hydrogens is 328 g/mol. The number of aromatic amines is 1. The highest BCUT2D eigenvalue weighted by atomic mass is 16.1. The molecule has 0 bridgehead atoms. The van der Waals surface area contributed by atoms with E-state index in [-0.39, 0.29) is 5.91 Å². The number of aromatic nitrogens is 3. The van der Waals surface area contributed by atoms with Gasteiger partial charge in [0.05, 0.1) is 16.6 Å². The van der Waals surface area contributed by atoms with Gasteiger partial charge in [-0.3, -0.25) is 9.78 Å². The Hall–Kier alpha value is -2.93. The number of rotatable bonds is 4. The fraction of sp³-hybridized carbons (Fsp3) is 0.316. The predicted octanol–water partition coefficient (Wildman–Crippen LogP) is 1.61. The summed E-state index contributed by atoms with van der Waals surface area (Å²) in [5.74, 6) is 0.829. The molecule has 3 aromatic rings. The molecule has 0 aliphatic carbocycles. The van der Waals surface area contributed by atoms with Gasteiger partial charge in [-0.2, -0.15) is 0 Å². The van der Waals surface area contributed by atoms with E-state index >= 15 is 0 Å². The van der Waals surface area contributed by atoms with Crippen molar-refractivity contribution >= 4 is 22.8 Å². The van der Waals surface area contributed by atoms with Crippen molar-refractivity contribution in [3.63, 3.8) is 0 Å². The second-order valence-electron chi connectivity index (χ2n) is 6.55. The summed E-state index contributed by atoms with van der Waals surface area (Å²) in [6.07, 6.45) is 3.41. The summed E-state index contributed by atoms with van der Waals surface area (Å²) in [7, 11) is 0. The van der Waals surface area contributed by atoms with Crippen LogP contribution in [0.15, 0.2) is 36.7 Å². The van der Waals surface area contributed by atoms with Gasteiger partial charge in [0.2, 0.25) is 0 Å². The van der Waals surface area contributed by atoms with Crippen LogP contribution in [0.3, 0.4) is 0 Å². The molecule has 26 heavy (non-hydrogen) atoms. The maximum Gasteiger partial charge on any atom is 0.253 e. The molecule has 1 fully saturated rings. The van der Waals surface area contributed by atoms with Crippen molar-refractivity contribution in [2.24, 2.45) is 0 Å². The molecule has 0 aromatic carbocycles. The van der Waals surface area contributed by atoms with E-state index in [1.165, 1.54) is 0 Å². The molecule has 7 nitrogen and oxygen atoms in total. The molecule has 134 valence electrons. The second-order valence-corrected chi connectivity index (χ2v) is 6.55. The molecule has 0 unspecified atom stereocenters. The van der Waals surface area contributed by atoms with E-state index in [1.54, 1.807) is 12.4 Å². The first-order valence-corrected chi connectivity index (χ1v) is 8.83. The van der Waals surface area contributed by atoms with Gasteiger partial charge >= 0.3 is 0 Å².